The number of hydrogen-bond acceptors (Lipinski definition) is 3. The fraction of sp³-hybridized carbons (Fsp3) is 0.357. The Hall–Kier alpha value is -1.61. The molecular weight excluding hydrogens is 214 g/mol. The molecule has 0 bridgehead atoms. The fourth-order valence-electron chi connectivity index (χ4n) is 1.74. The Labute approximate surface area is 101 Å². The highest BCUT2D eigenvalue weighted by Gasteiger charge is 2.05. The molecule has 0 aliphatic heterocycles. The first-order valence-electron chi connectivity index (χ1n) is 5.97. The maximum absolute atomic E-state index is 8.77. The maximum Gasteiger partial charge on any atom is 0.130 e. The molecule has 0 spiro atoms. The SMILES string of the molecule is CCc1cc(OCCCO)c2ccccc2n1. The number of aliphatic hydroxyl groups is 1. The number of aryl methyl sites for hydroxylation is 1. The summed E-state index contributed by atoms with van der Waals surface area (Å²) in [6.45, 7) is 2.77. The molecule has 0 amide bonds. The van der Waals surface area contributed by atoms with Crippen LogP contribution in [0.25, 0.3) is 10.9 Å². The normalized spacial score (nSPS) is 10.7. The van der Waals surface area contributed by atoms with Gasteiger partial charge < -0.3 is 9.84 Å². The van der Waals surface area contributed by atoms with E-state index in [1.807, 2.05) is 30.3 Å². The molecule has 1 aromatic carbocycles. The van der Waals surface area contributed by atoms with E-state index < -0.39 is 0 Å². The van der Waals surface area contributed by atoms with Crippen LogP contribution in [0.5, 0.6) is 5.75 Å². The lowest BCUT2D eigenvalue weighted by atomic mass is 10.1. The number of ether oxygens (including phenoxy) is 1. The Bertz CT molecular complexity index is 497. The molecule has 1 heterocycles. The molecule has 0 fully saturated rings. The van der Waals surface area contributed by atoms with Gasteiger partial charge in [0.25, 0.3) is 0 Å². The second-order valence-electron chi connectivity index (χ2n) is 3.91. The summed E-state index contributed by atoms with van der Waals surface area (Å²) < 4.78 is 5.70. The van der Waals surface area contributed by atoms with Crippen LogP contribution in [-0.4, -0.2) is 23.3 Å². The quantitative estimate of drug-likeness (QED) is 0.804. The summed E-state index contributed by atoms with van der Waals surface area (Å²) in [7, 11) is 0. The predicted molar refractivity (Wildman–Crippen MR) is 68.3 cm³/mol. The van der Waals surface area contributed by atoms with Crippen LogP contribution >= 0.6 is 0 Å². The average molecular weight is 231 g/mol. The van der Waals surface area contributed by atoms with Crippen molar-refractivity contribution in [2.24, 2.45) is 0 Å². The smallest absolute Gasteiger partial charge is 0.130 e. The van der Waals surface area contributed by atoms with Crippen molar-refractivity contribution in [2.45, 2.75) is 19.8 Å². The van der Waals surface area contributed by atoms with Crippen molar-refractivity contribution >= 4 is 10.9 Å². The Morgan fingerprint density at radius 3 is 2.88 bits per heavy atom. The molecule has 0 atom stereocenters. The largest absolute Gasteiger partial charge is 0.493 e. The number of benzene rings is 1. The first-order chi connectivity index (χ1) is 8.35. The molecule has 0 aliphatic rings. The van der Waals surface area contributed by atoms with Crippen LogP contribution in [0.4, 0.5) is 0 Å². The lowest BCUT2D eigenvalue weighted by molar-refractivity contribution is 0.235. The van der Waals surface area contributed by atoms with Crippen molar-refractivity contribution in [3.8, 4) is 5.75 Å². The van der Waals surface area contributed by atoms with Gasteiger partial charge in [0.1, 0.15) is 5.75 Å². The van der Waals surface area contributed by atoms with Crippen LogP contribution in [0.15, 0.2) is 30.3 Å². The molecule has 90 valence electrons. The van der Waals surface area contributed by atoms with Gasteiger partial charge in [-0.3, -0.25) is 4.98 Å². The van der Waals surface area contributed by atoms with E-state index in [0.717, 1.165) is 28.8 Å². The van der Waals surface area contributed by atoms with E-state index in [1.165, 1.54) is 0 Å². The zero-order chi connectivity index (χ0) is 12.1. The van der Waals surface area contributed by atoms with Crippen LogP contribution in [0, 0.1) is 0 Å². The Morgan fingerprint density at radius 2 is 2.12 bits per heavy atom. The highest BCUT2D eigenvalue weighted by atomic mass is 16.5. The van der Waals surface area contributed by atoms with Gasteiger partial charge in [-0.1, -0.05) is 19.1 Å². The number of aliphatic hydroxyl groups excluding tert-OH is 1. The number of fused-ring (bicyclic) bond motifs is 1. The van der Waals surface area contributed by atoms with Crippen molar-refractivity contribution in [2.75, 3.05) is 13.2 Å². The molecule has 1 N–H and O–H groups in total. The lowest BCUT2D eigenvalue weighted by Crippen LogP contribution is -2.01. The lowest BCUT2D eigenvalue weighted by Gasteiger charge is -2.10. The second kappa shape index (κ2) is 5.64. The summed E-state index contributed by atoms with van der Waals surface area (Å²) in [4.78, 5) is 4.55. The van der Waals surface area contributed by atoms with E-state index in [9.17, 15) is 0 Å². The van der Waals surface area contributed by atoms with Gasteiger partial charge in [-0.2, -0.15) is 0 Å². The molecular formula is C14H17NO2. The Balaban J connectivity index is 2.36. The minimum Gasteiger partial charge on any atom is -0.493 e. The maximum atomic E-state index is 8.77. The van der Waals surface area contributed by atoms with Gasteiger partial charge in [0, 0.05) is 30.2 Å². The van der Waals surface area contributed by atoms with Gasteiger partial charge in [0.15, 0.2) is 0 Å². The van der Waals surface area contributed by atoms with Crippen molar-refractivity contribution in [1.82, 2.24) is 4.98 Å². The zero-order valence-corrected chi connectivity index (χ0v) is 10.0. The van der Waals surface area contributed by atoms with Gasteiger partial charge in [0.2, 0.25) is 0 Å². The molecule has 3 nitrogen and oxygen atoms in total. The minimum atomic E-state index is 0.156. The fourth-order valence-corrected chi connectivity index (χ4v) is 1.74. The van der Waals surface area contributed by atoms with E-state index in [4.69, 9.17) is 9.84 Å². The first kappa shape index (κ1) is 11.9. The second-order valence-corrected chi connectivity index (χ2v) is 3.91. The third-order valence-corrected chi connectivity index (χ3v) is 2.65. The van der Waals surface area contributed by atoms with Crippen LogP contribution in [0.1, 0.15) is 19.0 Å². The molecule has 17 heavy (non-hydrogen) atoms. The number of para-hydroxylation sites is 1. The summed E-state index contributed by atoms with van der Waals surface area (Å²) in [6, 6.07) is 9.95. The molecule has 2 rings (SSSR count). The van der Waals surface area contributed by atoms with Crippen LogP contribution < -0.4 is 4.74 Å². The monoisotopic (exact) mass is 231 g/mol. The third-order valence-electron chi connectivity index (χ3n) is 2.65. The van der Waals surface area contributed by atoms with E-state index >= 15 is 0 Å². The highest BCUT2D eigenvalue weighted by Crippen LogP contribution is 2.25. The van der Waals surface area contributed by atoms with Gasteiger partial charge in [-0.05, 0) is 18.6 Å². The van der Waals surface area contributed by atoms with E-state index in [0.29, 0.717) is 13.0 Å². The van der Waals surface area contributed by atoms with Crippen molar-refractivity contribution < 1.29 is 9.84 Å². The van der Waals surface area contributed by atoms with Crippen LogP contribution in [0.3, 0.4) is 0 Å². The predicted octanol–water partition coefficient (Wildman–Crippen LogP) is 2.56. The van der Waals surface area contributed by atoms with Crippen molar-refractivity contribution in [3.63, 3.8) is 0 Å². The molecule has 0 radical (unpaired) electrons. The molecule has 0 saturated heterocycles. The molecule has 3 heteroatoms. The van der Waals surface area contributed by atoms with Crippen molar-refractivity contribution in [3.05, 3.63) is 36.0 Å². The Morgan fingerprint density at radius 1 is 1.29 bits per heavy atom. The van der Waals surface area contributed by atoms with Crippen molar-refractivity contribution in [1.29, 1.82) is 0 Å². The highest BCUT2D eigenvalue weighted by molar-refractivity contribution is 5.85. The average Bonchev–Trinajstić information content (AvgIpc) is 2.38. The van der Waals surface area contributed by atoms with Gasteiger partial charge in [-0.25, -0.2) is 0 Å². The Kier molecular flexibility index (Phi) is 3.94. The molecule has 0 unspecified atom stereocenters. The molecule has 0 saturated carbocycles. The minimum absolute atomic E-state index is 0.156. The summed E-state index contributed by atoms with van der Waals surface area (Å²) in [5, 5.41) is 9.80. The van der Waals surface area contributed by atoms with Gasteiger partial charge >= 0.3 is 0 Å². The summed E-state index contributed by atoms with van der Waals surface area (Å²) >= 11 is 0. The number of hydrogen-bond donors (Lipinski definition) is 1. The van der Waals surface area contributed by atoms with E-state index in [-0.39, 0.29) is 6.61 Å². The molecule has 0 aliphatic carbocycles. The van der Waals surface area contributed by atoms with E-state index in [2.05, 4.69) is 11.9 Å². The van der Waals surface area contributed by atoms with Crippen LogP contribution in [-0.2, 0) is 6.42 Å². The van der Waals surface area contributed by atoms with Gasteiger partial charge in [0.05, 0.1) is 12.1 Å². The third kappa shape index (κ3) is 2.74. The van der Waals surface area contributed by atoms with Crippen LogP contribution in [0.2, 0.25) is 0 Å². The first-order valence-corrected chi connectivity index (χ1v) is 5.97. The summed E-state index contributed by atoms with van der Waals surface area (Å²) in [6.07, 6.45) is 1.54. The number of nitrogens with zero attached hydrogens (tertiary/aromatic N) is 1. The zero-order valence-electron chi connectivity index (χ0n) is 10.0. The topological polar surface area (TPSA) is 42.4 Å². The number of rotatable bonds is 5. The van der Waals surface area contributed by atoms with E-state index in [1.54, 1.807) is 0 Å². The summed E-state index contributed by atoms with van der Waals surface area (Å²) in [5.74, 6) is 0.862. The molecule has 2 aromatic rings. The van der Waals surface area contributed by atoms with Gasteiger partial charge in [-0.15, -0.1) is 0 Å². The summed E-state index contributed by atoms with van der Waals surface area (Å²) in [5.41, 5.74) is 1.99. The molecule has 1 aromatic heterocycles. The number of aromatic nitrogens is 1. The standard InChI is InChI=1S/C14H17NO2/c1-2-11-10-14(17-9-5-8-16)12-6-3-4-7-13(12)15-11/h3-4,6-7,10,16H,2,5,8-9H2,1H3. The number of pyridine rings is 1.